The third-order valence-electron chi connectivity index (χ3n) is 3.06. The zero-order valence-corrected chi connectivity index (χ0v) is 13.5. The Labute approximate surface area is 137 Å². The first-order chi connectivity index (χ1) is 11.0. The number of rotatable bonds is 6. The summed E-state index contributed by atoms with van der Waals surface area (Å²) in [6.07, 6.45) is -0.979. The van der Waals surface area contributed by atoms with Gasteiger partial charge < -0.3 is 14.8 Å². The van der Waals surface area contributed by atoms with E-state index in [0.29, 0.717) is 6.54 Å². The van der Waals surface area contributed by atoms with Gasteiger partial charge in [0.1, 0.15) is 0 Å². The second kappa shape index (κ2) is 7.73. The number of amides is 1. The van der Waals surface area contributed by atoms with Crippen LogP contribution in [0.15, 0.2) is 35.7 Å². The van der Waals surface area contributed by atoms with E-state index in [9.17, 15) is 14.0 Å². The zero-order chi connectivity index (χ0) is 16.8. The Morgan fingerprint density at radius 2 is 2.13 bits per heavy atom. The summed E-state index contributed by atoms with van der Waals surface area (Å²) in [6.45, 7) is 1.83. The molecule has 122 valence electrons. The van der Waals surface area contributed by atoms with Gasteiger partial charge >= 0.3 is 5.97 Å². The summed E-state index contributed by atoms with van der Waals surface area (Å²) < 4.78 is 23.4. The van der Waals surface area contributed by atoms with E-state index >= 15 is 0 Å². The van der Waals surface area contributed by atoms with Crippen LogP contribution in [0.1, 0.15) is 22.2 Å². The van der Waals surface area contributed by atoms with Gasteiger partial charge in [0, 0.05) is 4.88 Å². The molecule has 1 heterocycles. The lowest BCUT2D eigenvalue weighted by Gasteiger charge is -2.13. The molecule has 2 rings (SSSR count). The maximum absolute atomic E-state index is 13.6. The molecule has 0 aliphatic rings. The van der Waals surface area contributed by atoms with Crippen LogP contribution in [-0.4, -0.2) is 25.1 Å². The summed E-state index contributed by atoms with van der Waals surface area (Å²) >= 11 is 1.52. The van der Waals surface area contributed by atoms with Crippen molar-refractivity contribution < 1.29 is 23.5 Å². The van der Waals surface area contributed by atoms with E-state index in [1.807, 2.05) is 17.5 Å². The zero-order valence-electron chi connectivity index (χ0n) is 12.7. The second-order valence-electron chi connectivity index (χ2n) is 4.69. The van der Waals surface area contributed by atoms with Crippen molar-refractivity contribution in [2.24, 2.45) is 0 Å². The van der Waals surface area contributed by atoms with Gasteiger partial charge in [0.25, 0.3) is 5.91 Å². The monoisotopic (exact) mass is 337 g/mol. The molecule has 23 heavy (non-hydrogen) atoms. The summed E-state index contributed by atoms with van der Waals surface area (Å²) in [6, 6.07) is 7.49. The van der Waals surface area contributed by atoms with Crippen LogP contribution < -0.4 is 10.1 Å². The van der Waals surface area contributed by atoms with Gasteiger partial charge in [0.05, 0.1) is 19.2 Å². The maximum atomic E-state index is 13.6. The lowest BCUT2D eigenvalue weighted by atomic mass is 10.2. The Balaban J connectivity index is 1.90. The molecule has 0 fully saturated rings. The van der Waals surface area contributed by atoms with Crippen molar-refractivity contribution in [2.75, 3.05) is 7.11 Å². The summed E-state index contributed by atoms with van der Waals surface area (Å²) in [5, 5.41) is 4.58. The predicted molar refractivity (Wildman–Crippen MR) is 84.0 cm³/mol. The van der Waals surface area contributed by atoms with Gasteiger partial charge in [0.15, 0.2) is 17.7 Å². The minimum Gasteiger partial charge on any atom is -0.494 e. The summed E-state index contributed by atoms with van der Waals surface area (Å²) in [4.78, 5) is 24.8. The van der Waals surface area contributed by atoms with Gasteiger partial charge in [-0.15, -0.1) is 11.3 Å². The van der Waals surface area contributed by atoms with Gasteiger partial charge in [0.2, 0.25) is 0 Å². The standard InChI is InChI=1S/C16H16FNO4S/c1-10(15(19)18-9-12-4-3-7-23-12)22-16(20)11-5-6-14(21-2)13(17)8-11/h3-8,10H,9H2,1-2H3,(H,18,19)/t10-/m1/s1. The lowest BCUT2D eigenvalue weighted by Crippen LogP contribution is -2.35. The molecular formula is C16H16FNO4S. The van der Waals surface area contributed by atoms with E-state index in [1.165, 1.54) is 37.5 Å². The van der Waals surface area contributed by atoms with E-state index in [4.69, 9.17) is 9.47 Å². The molecule has 0 spiro atoms. The van der Waals surface area contributed by atoms with Crippen molar-refractivity contribution in [3.8, 4) is 5.75 Å². The first-order valence-corrected chi connectivity index (χ1v) is 7.74. The molecule has 0 aliphatic carbocycles. The molecule has 1 aromatic heterocycles. The summed E-state index contributed by atoms with van der Waals surface area (Å²) in [7, 11) is 1.33. The molecule has 0 aliphatic heterocycles. The fourth-order valence-electron chi connectivity index (χ4n) is 1.81. The van der Waals surface area contributed by atoms with E-state index in [1.54, 1.807) is 0 Å². The molecule has 0 saturated heterocycles. The van der Waals surface area contributed by atoms with Crippen LogP contribution in [0.4, 0.5) is 4.39 Å². The number of carbonyl (C=O) groups is 2. The Morgan fingerprint density at radius 1 is 1.35 bits per heavy atom. The van der Waals surface area contributed by atoms with E-state index < -0.39 is 23.8 Å². The highest BCUT2D eigenvalue weighted by Gasteiger charge is 2.19. The number of benzene rings is 1. The molecular weight excluding hydrogens is 321 g/mol. The van der Waals surface area contributed by atoms with Crippen LogP contribution >= 0.6 is 11.3 Å². The number of ether oxygens (including phenoxy) is 2. The van der Waals surface area contributed by atoms with Gasteiger partial charge in [-0.25, -0.2) is 9.18 Å². The number of halogens is 1. The highest BCUT2D eigenvalue weighted by atomic mass is 32.1. The molecule has 7 heteroatoms. The Bertz CT molecular complexity index is 687. The average Bonchev–Trinajstić information content (AvgIpc) is 3.05. The fourth-order valence-corrected chi connectivity index (χ4v) is 2.45. The predicted octanol–water partition coefficient (Wildman–Crippen LogP) is 2.76. The molecule has 0 radical (unpaired) electrons. The van der Waals surface area contributed by atoms with Crippen LogP contribution in [0.25, 0.3) is 0 Å². The molecule has 1 atom stereocenters. The van der Waals surface area contributed by atoms with Crippen LogP contribution in [0, 0.1) is 5.82 Å². The van der Waals surface area contributed by atoms with E-state index in [-0.39, 0.29) is 11.3 Å². The first-order valence-electron chi connectivity index (χ1n) is 6.86. The summed E-state index contributed by atoms with van der Waals surface area (Å²) in [5.41, 5.74) is 0.0150. The number of methoxy groups -OCH3 is 1. The molecule has 0 bridgehead atoms. The number of nitrogens with one attached hydrogen (secondary N) is 1. The quantitative estimate of drug-likeness (QED) is 0.823. The van der Waals surface area contributed by atoms with Gasteiger partial charge in [-0.05, 0) is 36.6 Å². The SMILES string of the molecule is COc1ccc(C(=O)O[C@H](C)C(=O)NCc2cccs2)cc1F. The topological polar surface area (TPSA) is 64.6 Å². The molecule has 0 unspecified atom stereocenters. The largest absolute Gasteiger partial charge is 0.494 e. The van der Waals surface area contributed by atoms with E-state index in [0.717, 1.165) is 10.9 Å². The lowest BCUT2D eigenvalue weighted by molar-refractivity contribution is -0.129. The van der Waals surface area contributed by atoms with Crippen molar-refractivity contribution in [1.29, 1.82) is 0 Å². The average molecular weight is 337 g/mol. The molecule has 1 aromatic carbocycles. The number of hydrogen-bond donors (Lipinski definition) is 1. The molecule has 0 saturated carbocycles. The molecule has 5 nitrogen and oxygen atoms in total. The molecule has 1 amide bonds. The highest BCUT2D eigenvalue weighted by molar-refractivity contribution is 7.09. The summed E-state index contributed by atoms with van der Waals surface area (Å²) in [5.74, 6) is -1.83. The number of hydrogen-bond acceptors (Lipinski definition) is 5. The van der Waals surface area contributed by atoms with Crippen molar-refractivity contribution in [1.82, 2.24) is 5.32 Å². The van der Waals surface area contributed by atoms with Crippen LogP contribution in [-0.2, 0) is 16.1 Å². The second-order valence-corrected chi connectivity index (χ2v) is 5.73. The van der Waals surface area contributed by atoms with Crippen molar-refractivity contribution >= 4 is 23.2 Å². The third-order valence-corrected chi connectivity index (χ3v) is 3.93. The van der Waals surface area contributed by atoms with Crippen molar-refractivity contribution in [3.05, 3.63) is 52.0 Å². The Kier molecular flexibility index (Phi) is 5.70. The number of esters is 1. The fraction of sp³-hybridized carbons (Fsp3) is 0.250. The van der Waals surface area contributed by atoms with Gasteiger partial charge in [-0.3, -0.25) is 4.79 Å². The Morgan fingerprint density at radius 3 is 2.74 bits per heavy atom. The smallest absolute Gasteiger partial charge is 0.339 e. The minimum atomic E-state index is -0.979. The van der Waals surface area contributed by atoms with Crippen LogP contribution in [0.5, 0.6) is 5.75 Å². The Hall–Kier alpha value is -2.41. The highest BCUT2D eigenvalue weighted by Crippen LogP contribution is 2.18. The van der Waals surface area contributed by atoms with Gasteiger partial charge in [-0.1, -0.05) is 6.07 Å². The van der Waals surface area contributed by atoms with Crippen LogP contribution in [0.3, 0.4) is 0 Å². The number of carbonyl (C=O) groups excluding carboxylic acids is 2. The first kappa shape index (κ1) is 17.0. The molecule has 1 N–H and O–H groups in total. The maximum Gasteiger partial charge on any atom is 0.339 e. The van der Waals surface area contributed by atoms with Crippen molar-refractivity contribution in [3.63, 3.8) is 0 Å². The normalized spacial score (nSPS) is 11.6. The third kappa shape index (κ3) is 4.53. The molecule has 2 aromatic rings. The minimum absolute atomic E-state index is 0.0150. The van der Waals surface area contributed by atoms with E-state index in [2.05, 4.69) is 5.32 Å². The van der Waals surface area contributed by atoms with Crippen molar-refractivity contribution in [2.45, 2.75) is 19.6 Å². The van der Waals surface area contributed by atoms with Crippen LogP contribution in [0.2, 0.25) is 0 Å². The van der Waals surface area contributed by atoms with Gasteiger partial charge in [-0.2, -0.15) is 0 Å². The number of thiophene rings is 1.